The van der Waals surface area contributed by atoms with Crippen molar-refractivity contribution in [3.63, 3.8) is 0 Å². The molecule has 7 nitrogen and oxygen atoms in total. The summed E-state index contributed by atoms with van der Waals surface area (Å²) in [5, 5.41) is 0. The number of carbonyl (C=O) groups is 1. The van der Waals surface area contributed by atoms with Crippen molar-refractivity contribution >= 4 is 16.0 Å². The van der Waals surface area contributed by atoms with Crippen molar-refractivity contribution in [3.05, 3.63) is 53.1 Å². The second-order valence-corrected chi connectivity index (χ2v) is 9.15. The minimum Gasteiger partial charge on any atom is -0.493 e. The predicted molar refractivity (Wildman–Crippen MR) is 113 cm³/mol. The maximum Gasteiger partial charge on any atom is 0.417 e. The van der Waals surface area contributed by atoms with Crippen molar-refractivity contribution in [2.24, 2.45) is 0 Å². The lowest BCUT2D eigenvalue weighted by atomic mass is 9.91. The van der Waals surface area contributed by atoms with Gasteiger partial charge < -0.3 is 14.2 Å². The van der Waals surface area contributed by atoms with Crippen molar-refractivity contribution < 1.29 is 40.6 Å². The lowest BCUT2D eigenvalue weighted by molar-refractivity contribution is -0.144. The highest BCUT2D eigenvalue weighted by atomic mass is 32.2. The Hall–Kier alpha value is -2.79. The quantitative estimate of drug-likeness (QED) is 0.550. The summed E-state index contributed by atoms with van der Waals surface area (Å²) in [6.45, 7) is 1.56. The lowest BCUT2D eigenvalue weighted by Crippen LogP contribution is -2.41. The number of hydrogen-bond acceptors (Lipinski definition) is 6. The lowest BCUT2D eigenvalue weighted by Gasteiger charge is -2.36. The van der Waals surface area contributed by atoms with Gasteiger partial charge in [0.25, 0.3) is 0 Å². The van der Waals surface area contributed by atoms with Gasteiger partial charge in [0.15, 0.2) is 11.5 Å². The summed E-state index contributed by atoms with van der Waals surface area (Å²) in [6, 6.07) is 6.14. The first-order valence-electron chi connectivity index (χ1n) is 10.1. The molecule has 2 aromatic rings. The van der Waals surface area contributed by atoms with Crippen LogP contribution in [0.1, 0.15) is 36.1 Å². The maximum atomic E-state index is 13.6. The molecule has 0 unspecified atom stereocenters. The summed E-state index contributed by atoms with van der Waals surface area (Å²) in [5.74, 6) is 0.0550. The van der Waals surface area contributed by atoms with Crippen LogP contribution in [0.4, 0.5) is 13.2 Å². The molecule has 1 aliphatic heterocycles. The molecule has 180 valence electrons. The van der Waals surface area contributed by atoms with Gasteiger partial charge in [-0.15, -0.1) is 0 Å². The molecule has 1 aliphatic rings. The van der Waals surface area contributed by atoms with Crippen molar-refractivity contribution in [3.8, 4) is 11.5 Å². The van der Waals surface area contributed by atoms with E-state index < -0.39 is 38.7 Å². The van der Waals surface area contributed by atoms with Gasteiger partial charge in [0.1, 0.15) is 0 Å². The van der Waals surface area contributed by atoms with Gasteiger partial charge in [0.05, 0.1) is 43.7 Å². The third-order valence-corrected chi connectivity index (χ3v) is 7.36. The van der Waals surface area contributed by atoms with Gasteiger partial charge in [-0.25, -0.2) is 8.42 Å². The number of rotatable bonds is 7. The Kier molecular flexibility index (Phi) is 7.23. The van der Waals surface area contributed by atoms with E-state index in [0.29, 0.717) is 22.6 Å². The van der Waals surface area contributed by atoms with E-state index in [2.05, 4.69) is 0 Å². The van der Waals surface area contributed by atoms with E-state index in [9.17, 15) is 26.4 Å². The zero-order valence-corrected chi connectivity index (χ0v) is 19.1. The molecule has 0 fully saturated rings. The SMILES string of the molecule is CCOC(=O)C[C@H]1c2cc(OC)c(OC)cc2CCN1S(=O)(=O)c1ccccc1C(F)(F)F. The number of hydrogen-bond donors (Lipinski definition) is 0. The van der Waals surface area contributed by atoms with Crippen LogP contribution in [0.25, 0.3) is 0 Å². The van der Waals surface area contributed by atoms with Crippen LogP contribution in [0.3, 0.4) is 0 Å². The van der Waals surface area contributed by atoms with Gasteiger partial charge in [-0.1, -0.05) is 12.1 Å². The first kappa shape index (κ1) is 24.8. The highest BCUT2D eigenvalue weighted by Crippen LogP contribution is 2.43. The molecule has 0 amide bonds. The number of nitrogens with zero attached hydrogens (tertiary/aromatic N) is 1. The van der Waals surface area contributed by atoms with Crippen molar-refractivity contribution in [1.29, 1.82) is 0 Å². The number of alkyl halides is 3. The zero-order valence-electron chi connectivity index (χ0n) is 18.3. The van der Waals surface area contributed by atoms with Crippen LogP contribution >= 0.6 is 0 Å². The number of esters is 1. The Bertz CT molecular complexity index is 1130. The topological polar surface area (TPSA) is 82.1 Å². The van der Waals surface area contributed by atoms with Gasteiger partial charge in [0, 0.05) is 6.54 Å². The zero-order chi connectivity index (χ0) is 24.4. The molecule has 0 saturated heterocycles. The van der Waals surface area contributed by atoms with Crippen LogP contribution in [0.2, 0.25) is 0 Å². The largest absolute Gasteiger partial charge is 0.493 e. The second-order valence-electron chi connectivity index (χ2n) is 7.29. The van der Waals surface area contributed by atoms with Crippen molar-refractivity contribution in [1.82, 2.24) is 4.31 Å². The minimum absolute atomic E-state index is 0.0774. The van der Waals surface area contributed by atoms with E-state index in [-0.39, 0.29) is 26.0 Å². The van der Waals surface area contributed by atoms with Crippen LogP contribution < -0.4 is 9.47 Å². The van der Waals surface area contributed by atoms with Crippen LogP contribution in [0.5, 0.6) is 11.5 Å². The average Bonchev–Trinajstić information content (AvgIpc) is 2.77. The van der Waals surface area contributed by atoms with Gasteiger partial charge in [-0.2, -0.15) is 17.5 Å². The Labute approximate surface area is 190 Å². The molecule has 0 N–H and O–H groups in total. The Balaban J connectivity index is 2.16. The van der Waals surface area contributed by atoms with Crippen LogP contribution in [-0.4, -0.2) is 46.1 Å². The number of ether oxygens (including phenoxy) is 3. The third-order valence-electron chi connectivity index (χ3n) is 5.40. The molecule has 0 radical (unpaired) electrons. The minimum atomic E-state index is -4.87. The van der Waals surface area contributed by atoms with Crippen molar-refractivity contribution in [2.75, 3.05) is 27.4 Å². The summed E-state index contributed by atoms with van der Waals surface area (Å²) in [6.07, 6.45) is -5.03. The molecular weight excluding hydrogens is 463 g/mol. The van der Waals surface area contributed by atoms with E-state index in [1.807, 2.05) is 0 Å². The summed E-state index contributed by atoms with van der Waals surface area (Å²) in [4.78, 5) is 11.5. The van der Waals surface area contributed by atoms with Crippen LogP contribution in [-0.2, 0) is 32.2 Å². The molecule has 3 rings (SSSR count). The van der Waals surface area contributed by atoms with Crippen molar-refractivity contribution in [2.45, 2.75) is 36.9 Å². The Morgan fingerprint density at radius 2 is 1.76 bits per heavy atom. The van der Waals surface area contributed by atoms with Crippen LogP contribution in [0.15, 0.2) is 41.3 Å². The van der Waals surface area contributed by atoms with Crippen LogP contribution in [0, 0.1) is 0 Å². The first-order chi connectivity index (χ1) is 15.5. The second kappa shape index (κ2) is 9.60. The van der Waals surface area contributed by atoms with E-state index in [1.54, 1.807) is 19.1 Å². The summed E-state index contributed by atoms with van der Waals surface area (Å²) < 4.78 is 84.3. The molecule has 0 aliphatic carbocycles. The Morgan fingerprint density at radius 1 is 1.12 bits per heavy atom. The van der Waals surface area contributed by atoms with E-state index in [4.69, 9.17) is 14.2 Å². The van der Waals surface area contributed by atoms with Gasteiger partial charge >= 0.3 is 12.1 Å². The Morgan fingerprint density at radius 3 is 2.36 bits per heavy atom. The van der Waals surface area contributed by atoms with Gasteiger partial charge in [-0.3, -0.25) is 4.79 Å². The molecule has 0 spiro atoms. The summed E-state index contributed by atoms with van der Waals surface area (Å²) >= 11 is 0. The van der Waals surface area contributed by atoms with Gasteiger partial charge in [0.2, 0.25) is 10.0 Å². The monoisotopic (exact) mass is 487 g/mol. The normalized spacial score (nSPS) is 16.7. The average molecular weight is 487 g/mol. The number of halogens is 3. The van der Waals surface area contributed by atoms with E-state index in [0.717, 1.165) is 22.5 Å². The molecule has 33 heavy (non-hydrogen) atoms. The maximum absolute atomic E-state index is 13.6. The number of carbonyl (C=O) groups excluding carboxylic acids is 1. The van der Waals surface area contributed by atoms with Gasteiger partial charge in [-0.05, 0) is 48.7 Å². The molecular formula is C22H24F3NO6S. The first-order valence-corrected chi connectivity index (χ1v) is 11.6. The fourth-order valence-corrected chi connectivity index (χ4v) is 5.75. The summed E-state index contributed by atoms with van der Waals surface area (Å²) in [7, 11) is -1.77. The third kappa shape index (κ3) is 4.93. The molecule has 1 atom stereocenters. The predicted octanol–water partition coefficient (Wildman–Crippen LogP) is 3.96. The molecule has 11 heteroatoms. The molecule has 0 bridgehead atoms. The summed E-state index contributed by atoms with van der Waals surface area (Å²) in [5.41, 5.74) is -0.115. The highest BCUT2D eigenvalue weighted by Gasteiger charge is 2.43. The molecule has 0 saturated carbocycles. The standard InChI is InChI=1S/C22H24F3NO6S/c1-4-32-21(27)13-17-15-12-19(31-3)18(30-2)11-14(15)9-10-26(17)33(28,29)20-8-6-5-7-16(20)22(23,24)25/h5-8,11-12,17H,4,9-10,13H2,1-3H3/t17-/m0/s1. The highest BCUT2D eigenvalue weighted by molar-refractivity contribution is 7.89. The molecule has 2 aromatic carbocycles. The van der Waals surface area contributed by atoms with E-state index in [1.165, 1.54) is 20.3 Å². The number of benzene rings is 2. The number of sulfonamides is 1. The number of methoxy groups -OCH3 is 2. The molecule has 1 heterocycles. The fraction of sp³-hybridized carbons (Fsp3) is 0.409. The molecule has 0 aromatic heterocycles. The van der Waals surface area contributed by atoms with E-state index >= 15 is 0 Å². The fourth-order valence-electron chi connectivity index (χ4n) is 3.93. The smallest absolute Gasteiger partial charge is 0.417 e. The number of fused-ring (bicyclic) bond motifs is 1.